The fourth-order valence-corrected chi connectivity index (χ4v) is 2.88. The highest BCUT2D eigenvalue weighted by atomic mass is 32.1. The highest BCUT2D eigenvalue weighted by Gasteiger charge is 2.25. The standard InChI is InChI=1S/C17H15NO5S/c1-20-12-9-14(22-3)13(21-2)8-10(12)7-11-17(19)23-16(18-11)15-5-4-6-24-15/h4-9H,1-3H3/b11-7-. The zero-order valence-corrected chi connectivity index (χ0v) is 14.2. The average molecular weight is 345 g/mol. The fourth-order valence-electron chi connectivity index (χ4n) is 2.23. The lowest BCUT2D eigenvalue weighted by molar-refractivity contribution is -0.129. The van der Waals surface area contributed by atoms with Crippen LogP contribution in [-0.2, 0) is 9.53 Å². The number of nitrogens with zero attached hydrogens (tertiary/aromatic N) is 1. The number of methoxy groups -OCH3 is 3. The Morgan fingerprint density at radius 1 is 1.08 bits per heavy atom. The maximum Gasteiger partial charge on any atom is 0.363 e. The van der Waals surface area contributed by atoms with E-state index in [2.05, 4.69) is 4.99 Å². The summed E-state index contributed by atoms with van der Waals surface area (Å²) in [7, 11) is 4.62. The number of benzene rings is 1. The number of cyclic esters (lactones) is 1. The van der Waals surface area contributed by atoms with Gasteiger partial charge in [-0.25, -0.2) is 9.79 Å². The molecule has 0 aliphatic carbocycles. The normalized spacial score (nSPS) is 15.2. The Balaban J connectivity index is 2.03. The SMILES string of the molecule is COc1cc(OC)c(OC)cc1/C=C1\N=C(c2cccs2)OC1=O. The summed E-state index contributed by atoms with van der Waals surface area (Å²) in [6.07, 6.45) is 1.60. The van der Waals surface area contributed by atoms with Gasteiger partial charge >= 0.3 is 5.97 Å². The number of carbonyl (C=O) groups excluding carboxylic acids is 1. The van der Waals surface area contributed by atoms with Gasteiger partial charge in [0.2, 0.25) is 5.90 Å². The first-order valence-corrected chi connectivity index (χ1v) is 7.90. The summed E-state index contributed by atoms with van der Waals surface area (Å²) < 4.78 is 21.1. The van der Waals surface area contributed by atoms with E-state index in [1.54, 1.807) is 25.3 Å². The van der Waals surface area contributed by atoms with Crippen LogP contribution in [0.15, 0.2) is 40.3 Å². The molecule has 1 aliphatic heterocycles. The number of aliphatic imine (C=N–C) groups is 1. The zero-order valence-electron chi connectivity index (χ0n) is 13.4. The molecule has 1 aliphatic rings. The van der Waals surface area contributed by atoms with Gasteiger partial charge in [-0.1, -0.05) is 6.07 Å². The third-order valence-electron chi connectivity index (χ3n) is 3.38. The van der Waals surface area contributed by atoms with E-state index in [0.717, 1.165) is 4.88 Å². The molecule has 0 saturated heterocycles. The van der Waals surface area contributed by atoms with E-state index in [-0.39, 0.29) is 5.70 Å². The summed E-state index contributed by atoms with van der Waals surface area (Å²) >= 11 is 1.45. The second-order valence-electron chi connectivity index (χ2n) is 4.76. The third kappa shape index (κ3) is 2.98. The average Bonchev–Trinajstić information content (AvgIpc) is 3.24. The number of thiophene rings is 1. The molecule has 124 valence electrons. The number of esters is 1. The van der Waals surface area contributed by atoms with Gasteiger partial charge < -0.3 is 18.9 Å². The smallest absolute Gasteiger partial charge is 0.363 e. The van der Waals surface area contributed by atoms with Gasteiger partial charge in [0.05, 0.1) is 26.2 Å². The summed E-state index contributed by atoms with van der Waals surface area (Å²) in [6.45, 7) is 0. The van der Waals surface area contributed by atoms with E-state index in [1.807, 2.05) is 17.5 Å². The van der Waals surface area contributed by atoms with E-state index in [1.165, 1.54) is 25.6 Å². The van der Waals surface area contributed by atoms with Crippen molar-refractivity contribution < 1.29 is 23.7 Å². The van der Waals surface area contributed by atoms with Crippen molar-refractivity contribution in [2.24, 2.45) is 4.99 Å². The van der Waals surface area contributed by atoms with Crippen LogP contribution in [0.4, 0.5) is 0 Å². The molecule has 0 bridgehead atoms. The van der Waals surface area contributed by atoms with E-state index in [9.17, 15) is 4.79 Å². The molecule has 2 heterocycles. The van der Waals surface area contributed by atoms with Crippen molar-refractivity contribution in [3.63, 3.8) is 0 Å². The first kappa shape index (κ1) is 16.1. The summed E-state index contributed by atoms with van der Waals surface area (Å²) in [4.78, 5) is 17.1. The molecule has 0 amide bonds. The Hall–Kier alpha value is -2.80. The first-order valence-electron chi connectivity index (χ1n) is 7.02. The van der Waals surface area contributed by atoms with Crippen LogP contribution in [0.5, 0.6) is 17.2 Å². The summed E-state index contributed by atoms with van der Waals surface area (Å²) in [5.41, 5.74) is 0.835. The van der Waals surface area contributed by atoms with Gasteiger partial charge in [0, 0.05) is 11.6 Å². The van der Waals surface area contributed by atoms with Crippen molar-refractivity contribution in [1.29, 1.82) is 0 Å². The number of hydrogen-bond acceptors (Lipinski definition) is 7. The van der Waals surface area contributed by atoms with Crippen LogP contribution < -0.4 is 14.2 Å². The summed E-state index contributed by atoms with van der Waals surface area (Å²) in [6, 6.07) is 7.12. The number of ether oxygens (including phenoxy) is 4. The maximum atomic E-state index is 12.1. The van der Waals surface area contributed by atoms with Crippen molar-refractivity contribution in [1.82, 2.24) is 0 Å². The van der Waals surface area contributed by atoms with Gasteiger partial charge in [-0.05, 0) is 23.6 Å². The summed E-state index contributed by atoms with van der Waals surface area (Å²) in [5, 5.41) is 1.89. The molecule has 0 fully saturated rings. The second-order valence-corrected chi connectivity index (χ2v) is 5.71. The number of hydrogen-bond donors (Lipinski definition) is 0. The van der Waals surface area contributed by atoms with E-state index >= 15 is 0 Å². The van der Waals surface area contributed by atoms with Gasteiger partial charge in [-0.2, -0.15) is 0 Å². The Morgan fingerprint density at radius 2 is 1.79 bits per heavy atom. The van der Waals surface area contributed by atoms with Gasteiger partial charge in [0.1, 0.15) is 5.75 Å². The molecule has 0 unspecified atom stereocenters. The molecular formula is C17H15NO5S. The molecule has 0 atom stereocenters. The minimum atomic E-state index is -0.504. The molecule has 24 heavy (non-hydrogen) atoms. The van der Waals surface area contributed by atoms with E-state index in [4.69, 9.17) is 18.9 Å². The lowest BCUT2D eigenvalue weighted by atomic mass is 10.1. The van der Waals surface area contributed by atoms with Crippen LogP contribution in [0.3, 0.4) is 0 Å². The molecular weight excluding hydrogens is 330 g/mol. The Kier molecular flexibility index (Phi) is 4.52. The molecule has 1 aromatic heterocycles. The molecule has 0 N–H and O–H groups in total. The number of rotatable bonds is 5. The van der Waals surface area contributed by atoms with Crippen molar-refractivity contribution >= 4 is 29.3 Å². The van der Waals surface area contributed by atoms with Crippen LogP contribution in [0.25, 0.3) is 6.08 Å². The van der Waals surface area contributed by atoms with Gasteiger partial charge in [-0.3, -0.25) is 0 Å². The van der Waals surface area contributed by atoms with Gasteiger partial charge in [0.15, 0.2) is 17.2 Å². The lowest BCUT2D eigenvalue weighted by Gasteiger charge is -2.12. The van der Waals surface area contributed by atoms with Crippen molar-refractivity contribution in [3.8, 4) is 17.2 Å². The predicted octanol–water partition coefficient (Wildman–Crippen LogP) is 3.12. The minimum absolute atomic E-state index is 0.198. The van der Waals surface area contributed by atoms with Crippen molar-refractivity contribution in [2.75, 3.05) is 21.3 Å². The van der Waals surface area contributed by atoms with Gasteiger partial charge in [-0.15, -0.1) is 11.3 Å². The maximum absolute atomic E-state index is 12.1. The lowest BCUT2D eigenvalue weighted by Crippen LogP contribution is -2.03. The van der Waals surface area contributed by atoms with Crippen molar-refractivity contribution in [2.45, 2.75) is 0 Å². The van der Waals surface area contributed by atoms with Crippen LogP contribution in [0.2, 0.25) is 0 Å². The molecule has 3 rings (SSSR count). The molecule has 0 saturated carbocycles. The highest BCUT2D eigenvalue weighted by molar-refractivity contribution is 7.12. The molecule has 7 heteroatoms. The van der Waals surface area contributed by atoms with E-state index in [0.29, 0.717) is 28.7 Å². The monoisotopic (exact) mass is 345 g/mol. The first-order chi connectivity index (χ1) is 11.7. The fraction of sp³-hybridized carbons (Fsp3) is 0.176. The zero-order chi connectivity index (χ0) is 17.1. The molecule has 1 aromatic carbocycles. The van der Waals surface area contributed by atoms with Crippen molar-refractivity contribution in [3.05, 3.63) is 45.8 Å². The quantitative estimate of drug-likeness (QED) is 0.615. The van der Waals surface area contributed by atoms with Crippen LogP contribution in [-0.4, -0.2) is 33.2 Å². The number of carbonyl (C=O) groups is 1. The molecule has 6 nitrogen and oxygen atoms in total. The molecule has 0 spiro atoms. The Bertz CT molecular complexity index is 824. The molecule has 2 aromatic rings. The van der Waals surface area contributed by atoms with Crippen LogP contribution >= 0.6 is 11.3 Å². The highest BCUT2D eigenvalue weighted by Crippen LogP contribution is 2.36. The molecule has 0 radical (unpaired) electrons. The van der Waals surface area contributed by atoms with Crippen LogP contribution in [0.1, 0.15) is 10.4 Å². The second kappa shape index (κ2) is 6.76. The summed E-state index contributed by atoms with van der Waals surface area (Å²) in [5.74, 6) is 1.40. The predicted molar refractivity (Wildman–Crippen MR) is 91.0 cm³/mol. The topological polar surface area (TPSA) is 66.3 Å². The Morgan fingerprint density at radius 3 is 2.42 bits per heavy atom. The largest absolute Gasteiger partial charge is 0.496 e. The van der Waals surface area contributed by atoms with Crippen LogP contribution in [0, 0.1) is 0 Å². The third-order valence-corrected chi connectivity index (χ3v) is 4.24. The minimum Gasteiger partial charge on any atom is -0.496 e. The van der Waals surface area contributed by atoms with Gasteiger partial charge in [0.25, 0.3) is 0 Å². The Labute approximate surface area is 142 Å². The van der Waals surface area contributed by atoms with E-state index < -0.39 is 5.97 Å².